The molecule has 0 aliphatic heterocycles. The van der Waals surface area contributed by atoms with Crippen LogP contribution in [-0.4, -0.2) is 40.8 Å². The molecule has 28 heavy (non-hydrogen) atoms. The van der Waals surface area contributed by atoms with Gasteiger partial charge in [-0.15, -0.1) is 0 Å². The SMILES string of the molecule is COc1cc(OC)c(OC)cc1CNC(=O)CN(C)c1cccc(C(C)C)c1. The van der Waals surface area contributed by atoms with Crippen molar-refractivity contribution in [2.75, 3.05) is 39.8 Å². The van der Waals surface area contributed by atoms with Crippen molar-refractivity contribution >= 4 is 11.6 Å². The van der Waals surface area contributed by atoms with Crippen molar-refractivity contribution in [2.45, 2.75) is 26.3 Å². The minimum atomic E-state index is -0.0747. The van der Waals surface area contributed by atoms with Gasteiger partial charge in [-0.2, -0.15) is 0 Å². The van der Waals surface area contributed by atoms with Crippen molar-refractivity contribution < 1.29 is 19.0 Å². The Morgan fingerprint density at radius 3 is 2.25 bits per heavy atom. The third kappa shape index (κ3) is 5.31. The standard InChI is InChI=1S/C22H30N2O4/c1-15(2)16-8-7-9-18(10-16)24(3)14-22(25)23-13-17-11-20(27-5)21(28-6)12-19(17)26-4/h7-12,15H,13-14H2,1-6H3,(H,23,25). The Hall–Kier alpha value is -2.89. The highest BCUT2D eigenvalue weighted by atomic mass is 16.5. The number of anilines is 1. The molecule has 0 spiro atoms. The molecule has 0 aliphatic rings. The Kier molecular flexibility index (Phi) is 7.55. The zero-order valence-corrected chi connectivity index (χ0v) is 17.5. The lowest BCUT2D eigenvalue weighted by Crippen LogP contribution is -2.34. The van der Waals surface area contributed by atoms with Crippen LogP contribution in [0.25, 0.3) is 0 Å². The van der Waals surface area contributed by atoms with Crippen molar-refractivity contribution in [1.29, 1.82) is 0 Å². The molecule has 2 aromatic carbocycles. The second-order valence-electron chi connectivity index (χ2n) is 6.90. The number of nitrogens with one attached hydrogen (secondary N) is 1. The van der Waals surface area contributed by atoms with E-state index in [0.717, 1.165) is 11.3 Å². The van der Waals surface area contributed by atoms with Crippen molar-refractivity contribution in [3.05, 3.63) is 47.5 Å². The van der Waals surface area contributed by atoms with E-state index < -0.39 is 0 Å². The van der Waals surface area contributed by atoms with Crippen LogP contribution in [0.5, 0.6) is 17.2 Å². The summed E-state index contributed by atoms with van der Waals surface area (Å²) in [6.45, 7) is 4.91. The highest BCUT2D eigenvalue weighted by Crippen LogP contribution is 2.34. The van der Waals surface area contributed by atoms with E-state index in [1.807, 2.05) is 30.1 Å². The summed E-state index contributed by atoms with van der Waals surface area (Å²) in [5, 5.41) is 2.94. The number of benzene rings is 2. The molecule has 0 aromatic heterocycles. The second kappa shape index (κ2) is 9.88. The fraction of sp³-hybridized carbons (Fsp3) is 0.409. The van der Waals surface area contributed by atoms with Crippen LogP contribution in [0.1, 0.15) is 30.9 Å². The fourth-order valence-electron chi connectivity index (χ4n) is 2.91. The zero-order chi connectivity index (χ0) is 20.7. The number of amides is 1. The predicted molar refractivity (Wildman–Crippen MR) is 112 cm³/mol. The first kappa shape index (κ1) is 21.4. The van der Waals surface area contributed by atoms with Crippen molar-refractivity contribution in [1.82, 2.24) is 5.32 Å². The molecule has 6 nitrogen and oxygen atoms in total. The van der Waals surface area contributed by atoms with Crippen LogP contribution in [0, 0.1) is 0 Å². The summed E-state index contributed by atoms with van der Waals surface area (Å²) in [5.74, 6) is 2.18. The summed E-state index contributed by atoms with van der Waals surface area (Å²) in [6, 6.07) is 11.8. The van der Waals surface area contributed by atoms with E-state index in [0.29, 0.717) is 29.7 Å². The van der Waals surface area contributed by atoms with Crippen molar-refractivity contribution in [3.63, 3.8) is 0 Å². The van der Waals surface area contributed by atoms with Gasteiger partial charge >= 0.3 is 0 Å². The van der Waals surface area contributed by atoms with Gasteiger partial charge in [-0.05, 0) is 29.7 Å². The summed E-state index contributed by atoms with van der Waals surface area (Å²) in [7, 11) is 6.65. The zero-order valence-electron chi connectivity index (χ0n) is 17.5. The van der Waals surface area contributed by atoms with Crippen LogP contribution in [-0.2, 0) is 11.3 Å². The molecule has 152 valence electrons. The van der Waals surface area contributed by atoms with Gasteiger partial charge in [0.15, 0.2) is 11.5 Å². The fourth-order valence-corrected chi connectivity index (χ4v) is 2.91. The monoisotopic (exact) mass is 386 g/mol. The van der Waals surface area contributed by atoms with E-state index in [1.165, 1.54) is 5.56 Å². The first-order chi connectivity index (χ1) is 13.4. The Morgan fingerprint density at radius 2 is 1.64 bits per heavy atom. The van der Waals surface area contributed by atoms with Crippen LogP contribution in [0.3, 0.4) is 0 Å². The summed E-state index contributed by atoms with van der Waals surface area (Å²) >= 11 is 0. The van der Waals surface area contributed by atoms with Crippen LogP contribution in [0.2, 0.25) is 0 Å². The molecule has 0 bridgehead atoms. The number of nitrogens with zero attached hydrogens (tertiary/aromatic N) is 1. The molecule has 2 rings (SSSR count). The van der Waals surface area contributed by atoms with E-state index in [-0.39, 0.29) is 12.5 Å². The lowest BCUT2D eigenvalue weighted by Gasteiger charge is -2.20. The number of likely N-dealkylation sites (N-methyl/N-ethyl adjacent to an activating group) is 1. The van der Waals surface area contributed by atoms with Gasteiger partial charge in [0.05, 0.1) is 27.9 Å². The first-order valence-corrected chi connectivity index (χ1v) is 9.26. The van der Waals surface area contributed by atoms with Crippen LogP contribution >= 0.6 is 0 Å². The molecule has 0 radical (unpaired) electrons. The number of hydrogen-bond acceptors (Lipinski definition) is 5. The maximum atomic E-state index is 12.4. The van der Waals surface area contributed by atoms with Gasteiger partial charge in [0.25, 0.3) is 0 Å². The molecule has 0 saturated carbocycles. The topological polar surface area (TPSA) is 60.0 Å². The number of hydrogen-bond donors (Lipinski definition) is 1. The molecule has 0 heterocycles. The molecule has 0 aliphatic carbocycles. The van der Waals surface area contributed by atoms with Gasteiger partial charge in [0, 0.05) is 30.9 Å². The molecule has 1 N–H and O–H groups in total. The van der Waals surface area contributed by atoms with Gasteiger partial charge in [-0.25, -0.2) is 0 Å². The first-order valence-electron chi connectivity index (χ1n) is 9.26. The molecule has 2 aromatic rings. The van der Waals surface area contributed by atoms with Gasteiger partial charge in [0.2, 0.25) is 5.91 Å². The summed E-state index contributed by atoms with van der Waals surface area (Å²) in [5.41, 5.74) is 3.09. The van der Waals surface area contributed by atoms with Gasteiger partial charge in [-0.1, -0.05) is 26.0 Å². The lowest BCUT2D eigenvalue weighted by molar-refractivity contribution is -0.119. The maximum absolute atomic E-state index is 12.4. The van der Waals surface area contributed by atoms with E-state index in [4.69, 9.17) is 14.2 Å². The largest absolute Gasteiger partial charge is 0.496 e. The number of carbonyl (C=O) groups excluding carboxylic acids is 1. The quantitative estimate of drug-likeness (QED) is 0.714. The number of carbonyl (C=O) groups is 1. The van der Waals surface area contributed by atoms with Gasteiger partial charge < -0.3 is 24.4 Å². The Morgan fingerprint density at radius 1 is 1.00 bits per heavy atom. The second-order valence-corrected chi connectivity index (χ2v) is 6.90. The normalized spacial score (nSPS) is 10.5. The lowest BCUT2D eigenvalue weighted by atomic mass is 10.0. The van der Waals surface area contributed by atoms with E-state index in [9.17, 15) is 4.79 Å². The molecule has 0 unspecified atom stereocenters. The number of methoxy groups -OCH3 is 3. The van der Waals surface area contributed by atoms with Crippen LogP contribution in [0.15, 0.2) is 36.4 Å². The van der Waals surface area contributed by atoms with Gasteiger partial charge in [-0.3, -0.25) is 4.79 Å². The minimum absolute atomic E-state index is 0.0747. The minimum Gasteiger partial charge on any atom is -0.496 e. The third-order valence-corrected chi connectivity index (χ3v) is 4.62. The Balaban J connectivity index is 2.03. The maximum Gasteiger partial charge on any atom is 0.239 e. The molecule has 0 saturated heterocycles. The summed E-state index contributed by atoms with van der Waals surface area (Å²) < 4.78 is 16.0. The molecule has 0 atom stereocenters. The average Bonchev–Trinajstić information content (AvgIpc) is 2.71. The predicted octanol–water partition coefficient (Wildman–Crippen LogP) is 3.59. The van der Waals surface area contributed by atoms with E-state index >= 15 is 0 Å². The molecular weight excluding hydrogens is 356 g/mol. The molecule has 6 heteroatoms. The smallest absolute Gasteiger partial charge is 0.239 e. The molecular formula is C22H30N2O4. The van der Waals surface area contributed by atoms with Crippen molar-refractivity contribution in [3.8, 4) is 17.2 Å². The highest BCUT2D eigenvalue weighted by molar-refractivity contribution is 5.81. The Bertz CT molecular complexity index is 805. The van der Waals surface area contributed by atoms with Crippen LogP contribution < -0.4 is 24.4 Å². The number of ether oxygens (including phenoxy) is 3. The molecule has 1 amide bonds. The van der Waals surface area contributed by atoms with Gasteiger partial charge in [0.1, 0.15) is 5.75 Å². The summed E-state index contributed by atoms with van der Waals surface area (Å²) in [6.07, 6.45) is 0. The Labute approximate surface area is 167 Å². The summed E-state index contributed by atoms with van der Waals surface area (Å²) in [4.78, 5) is 14.4. The average molecular weight is 386 g/mol. The van der Waals surface area contributed by atoms with Crippen molar-refractivity contribution in [2.24, 2.45) is 0 Å². The molecule has 0 fully saturated rings. The van der Waals surface area contributed by atoms with Crippen LogP contribution in [0.4, 0.5) is 5.69 Å². The highest BCUT2D eigenvalue weighted by Gasteiger charge is 2.14. The van der Waals surface area contributed by atoms with E-state index in [1.54, 1.807) is 27.4 Å². The van der Waals surface area contributed by atoms with E-state index in [2.05, 4.69) is 31.3 Å². The third-order valence-electron chi connectivity index (χ3n) is 4.62. The number of rotatable bonds is 9.